The molecule has 2 fully saturated rings. The SMILES string of the molecule is Cn1[nH]c(C(=O)N2CCOCC2)c(C=C=Cc2c(C(=O)N3CCOCC3)[nH]n(C)c2=O)c1=O. The van der Waals surface area contributed by atoms with Crippen LogP contribution in [0.15, 0.2) is 15.3 Å². The first kappa shape index (κ1) is 22.6. The summed E-state index contributed by atoms with van der Waals surface area (Å²) < 4.78 is 13.0. The lowest BCUT2D eigenvalue weighted by atomic mass is 10.1. The summed E-state index contributed by atoms with van der Waals surface area (Å²) in [6, 6.07) is 0. The van der Waals surface area contributed by atoms with Crippen LogP contribution in [0.2, 0.25) is 0 Å². The topological polar surface area (TPSA) is 135 Å². The smallest absolute Gasteiger partial charge is 0.274 e. The summed E-state index contributed by atoms with van der Waals surface area (Å²) in [6.45, 7) is 3.47. The fourth-order valence-corrected chi connectivity index (χ4v) is 3.78. The van der Waals surface area contributed by atoms with E-state index in [1.54, 1.807) is 9.80 Å². The van der Waals surface area contributed by atoms with Crippen LogP contribution in [0.3, 0.4) is 0 Å². The normalized spacial score (nSPS) is 16.4. The number of aromatic amines is 2. The fraction of sp³-hybridized carbons (Fsp3) is 0.476. The van der Waals surface area contributed by atoms with Crippen molar-refractivity contribution in [1.82, 2.24) is 29.4 Å². The van der Waals surface area contributed by atoms with Crippen LogP contribution in [-0.2, 0) is 23.6 Å². The number of hydrogen-bond acceptors (Lipinski definition) is 6. The molecule has 12 nitrogen and oxygen atoms in total. The molecule has 0 aliphatic carbocycles. The first-order valence-corrected chi connectivity index (χ1v) is 10.6. The lowest BCUT2D eigenvalue weighted by molar-refractivity contribution is 0.0297. The summed E-state index contributed by atoms with van der Waals surface area (Å²) in [5.74, 6) is -0.630. The second-order valence-electron chi connectivity index (χ2n) is 7.79. The molecule has 0 unspecified atom stereocenters. The molecule has 0 radical (unpaired) electrons. The highest BCUT2D eigenvalue weighted by Gasteiger charge is 2.25. The van der Waals surface area contributed by atoms with E-state index in [-0.39, 0.29) is 34.3 Å². The van der Waals surface area contributed by atoms with E-state index in [0.717, 1.165) is 0 Å². The van der Waals surface area contributed by atoms with Gasteiger partial charge in [-0.05, 0) is 12.2 Å². The van der Waals surface area contributed by atoms with Crippen LogP contribution in [0.1, 0.15) is 32.1 Å². The number of morpholine rings is 2. The molecule has 0 atom stereocenters. The monoisotopic (exact) mass is 458 g/mol. The number of amides is 2. The van der Waals surface area contributed by atoms with Crippen LogP contribution in [0, 0.1) is 0 Å². The molecule has 33 heavy (non-hydrogen) atoms. The van der Waals surface area contributed by atoms with Crippen molar-refractivity contribution in [3.05, 3.63) is 49.0 Å². The van der Waals surface area contributed by atoms with Gasteiger partial charge in [0, 0.05) is 40.3 Å². The maximum absolute atomic E-state index is 12.9. The molecule has 0 spiro atoms. The maximum atomic E-state index is 12.9. The summed E-state index contributed by atoms with van der Waals surface area (Å²) in [5, 5.41) is 5.58. The molecule has 0 bridgehead atoms. The van der Waals surface area contributed by atoms with Gasteiger partial charge in [-0.2, -0.15) is 0 Å². The van der Waals surface area contributed by atoms with E-state index in [0.29, 0.717) is 52.6 Å². The Bertz CT molecular complexity index is 1140. The van der Waals surface area contributed by atoms with Crippen molar-refractivity contribution >= 4 is 24.0 Å². The molecule has 2 N–H and O–H groups in total. The fourth-order valence-electron chi connectivity index (χ4n) is 3.78. The van der Waals surface area contributed by atoms with Gasteiger partial charge in [0.05, 0.1) is 37.6 Å². The standard InChI is InChI=1S/C21H26N6O6/c1-24-18(28)14(16(22-24)20(30)26-6-10-32-11-7-26)4-3-5-15-17(23-25(2)19(15)29)21(31)27-8-12-33-13-9-27/h4-5,22-23H,6-13H2,1-2H3. The summed E-state index contributed by atoms with van der Waals surface area (Å²) in [7, 11) is 3.03. The average Bonchev–Trinajstić information content (AvgIpc) is 3.29. The van der Waals surface area contributed by atoms with Crippen molar-refractivity contribution in [2.75, 3.05) is 52.6 Å². The van der Waals surface area contributed by atoms with Crippen molar-refractivity contribution in [2.45, 2.75) is 0 Å². The largest absolute Gasteiger partial charge is 0.378 e. The third-order valence-corrected chi connectivity index (χ3v) is 5.65. The van der Waals surface area contributed by atoms with Gasteiger partial charge >= 0.3 is 0 Å². The number of aryl methyl sites for hydroxylation is 2. The predicted molar refractivity (Wildman–Crippen MR) is 118 cm³/mol. The van der Waals surface area contributed by atoms with Crippen LogP contribution in [0.4, 0.5) is 0 Å². The average molecular weight is 458 g/mol. The molecule has 0 aromatic carbocycles. The Kier molecular flexibility index (Phi) is 6.50. The van der Waals surface area contributed by atoms with Crippen LogP contribution in [0.25, 0.3) is 12.2 Å². The Morgan fingerprint density at radius 2 is 1.12 bits per heavy atom. The van der Waals surface area contributed by atoms with Crippen molar-refractivity contribution in [3.8, 4) is 0 Å². The van der Waals surface area contributed by atoms with Gasteiger partial charge in [-0.1, -0.05) is 0 Å². The van der Waals surface area contributed by atoms with Gasteiger partial charge in [0.1, 0.15) is 11.4 Å². The molecule has 176 valence electrons. The number of H-pyrrole nitrogens is 2. The Morgan fingerprint density at radius 3 is 1.48 bits per heavy atom. The highest BCUT2D eigenvalue weighted by atomic mass is 16.5. The highest BCUT2D eigenvalue weighted by Crippen LogP contribution is 2.12. The maximum Gasteiger partial charge on any atom is 0.274 e. The van der Waals surface area contributed by atoms with E-state index in [9.17, 15) is 19.2 Å². The van der Waals surface area contributed by atoms with Gasteiger partial charge < -0.3 is 19.3 Å². The second-order valence-corrected chi connectivity index (χ2v) is 7.79. The molecular formula is C21H26N6O6. The van der Waals surface area contributed by atoms with E-state index in [4.69, 9.17) is 9.47 Å². The Labute approximate surface area is 188 Å². The molecule has 2 aliphatic rings. The second kappa shape index (κ2) is 9.49. The zero-order valence-corrected chi connectivity index (χ0v) is 18.5. The molecule has 0 saturated carbocycles. The number of aromatic nitrogens is 4. The van der Waals surface area contributed by atoms with Gasteiger partial charge in [0.25, 0.3) is 22.9 Å². The zero-order valence-electron chi connectivity index (χ0n) is 18.5. The minimum Gasteiger partial charge on any atom is -0.378 e. The number of nitrogens with one attached hydrogen (secondary N) is 2. The number of ether oxygens (including phenoxy) is 2. The quantitative estimate of drug-likeness (QED) is 0.565. The molecule has 2 aromatic rings. The molecule has 4 rings (SSSR count). The van der Waals surface area contributed by atoms with Crippen molar-refractivity contribution < 1.29 is 19.1 Å². The summed E-state index contributed by atoms with van der Waals surface area (Å²) >= 11 is 0. The molecule has 12 heteroatoms. The minimum atomic E-state index is -0.404. The van der Waals surface area contributed by atoms with Crippen molar-refractivity contribution in [2.24, 2.45) is 14.1 Å². The summed E-state index contributed by atoms with van der Waals surface area (Å²) in [5.41, 5.74) is 2.53. The molecule has 4 heterocycles. The number of rotatable bonds is 4. The Balaban J connectivity index is 1.66. The zero-order chi connectivity index (χ0) is 23.5. The van der Waals surface area contributed by atoms with Crippen molar-refractivity contribution in [3.63, 3.8) is 0 Å². The van der Waals surface area contributed by atoms with Gasteiger partial charge in [-0.25, -0.2) is 0 Å². The molecule has 2 saturated heterocycles. The van der Waals surface area contributed by atoms with Crippen LogP contribution >= 0.6 is 0 Å². The predicted octanol–water partition coefficient (Wildman–Crippen LogP) is -0.989. The first-order chi connectivity index (χ1) is 15.9. The van der Waals surface area contributed by atoms with Crippen molar-refractivity contribution in [1.29, 1.82) is 0 Å². The van der Waals surface area contributed by atoms with Crippen LogP contribution in [0.5, 0.6) is 0 Å². The molecule has 2 aliphatic heterocycles. The number of carbonyl (C=O) groups excluding carboxylic acids is 2. The Morgan fingerprint density at radius 1 is 0.758 bits per heavy atom. The van der Waals surface area contributed by atoms with Gasteiger partial charge in [-0.15, -0.1) is 5.73 Å². The first-order valence-electron chi connectivity index (χ1n) is 10.6. The van der Waals surface area contributed by atoms with E-state index >= 15 is 0 Å². The molecular weight excluding hydrogens is 432 g/mol. The highest BCUT2D eigenvalue weighted by molar-refractivity contribution is 5.97. The summed E-state index contributed by atoms with van der Waals surface area (Å²) in [6.07, 6.45) is 2.70. The van der Waals surface area contributed by atoms with Crippen LogP contribution < -0.4 is 11.1 Å². The number of carbonyl (C=O) groups is 2. The minimum absolute atomic E-state index is 0.124. The van der Waals surface area contributed by atoms with E-state index < -0.39 is 11.1 Å². The lowest BCUT2D eigenvalue weighted by Crippen LogP contribution is -2.41. The van der Waals surface area contributed by atoms with Gasteiger partial charge in [-0.3, -0.25) is 38.7 Å². The lowest BCUT2D eigenvalue weighted by Gasteiger charge is -2.26. The van der Waals surface area contributed by atoms with E-state index in [2.05, 4.69) is 15.9 Å². The molecule has 2 aromatic heterocycles. The number of nitrogens with zero attached hydrogens (tertiary/aromatic N) is 4. The van der Waals surface area contributed by atoms with Gasteiger partial charge in [0.15, 0.2) is 0 Å². The Hall–Kier alpha value is -3.60. The van der Waals surface area contributed by atoms with E-state index in [1.165, 1.54) is 35.6 Å². The summed E-state index contributed by atoms with van der Waals surface area (Å²) in [4.78, 5) is 54.2. The molecule has 2 amide bonds. The van der Waals surface area contributed by atoms with Gasteiger partial charge in [0.2, 0.25) is 0 Å². The third-order valence-electron chi connectivity index (χ3n) is 5.65. The van der Waals surface area contributed by atoms with Crippen LogP contribution in [-0.4, -0.2) is 93.8 Å². The van der Waals surface area contributed by atoms with E-state index in [1.807, 2.05) is 0 Å². The third kappa shape index (κ3) is 4.49. The number of hydrogen-bond donors (Lipinski definition) is 2.